The Bertz CT molecular complexity index is 616. The number of halogens is 4. The van der Waals surface area contributed by atoms with Crippen LogP contribution in [0.15, 0.2) is 36.4 Å². The maximum absolute atomic E-state index is 6.14. The Morgan fingerprint density at radius 1 is 1.00 bits per heavy atom. The number of benzene rings is 2. The molecule has 106 valence electrons. The normalized spacial score (nSPS) is 12.2. The van der Waals surface area contributed by atoms with Crippen molar-refractivity contribution >= 4 is 50.7 Å². The first-order valence-corrected chi connectivity index (χ1v) is 7.97. The van der Waals surface area contributed by atoms with Crippen LogP contribution < -0.4 is 4.74 Å². The highest BCUT2D eigenvalue weighted by Crippen LogP contribution is 2.34. The van der Waals surface area contributed by atoms with Gasteiger partial charge in [-0.1, -0.05) is 62.9 Å². The highest BCUT2D eigenvalue weighted by Gasteiger charge is 2.12. The molecule has 1 atom stereocenters. The first-order valence-electron chi connectivity index (χ1n) is 5.92. The fourth-order valence-corrected chi connectivity index (χ4v) is 3.11. The number of hydrogen-bond acceptors (Lipinski definition) is 1. The fraction of sp³-hybridized carbons (Fsp3) is 0.200. The number of hydrogen-bond donors (Lipinski definition) is 0. The maximum Gasteiger partial charge on any atom is 0.137 e. The maximum atomic E-state index is 6.14. The molecular weight excluding hydrogens is 382 g/mol. The lowest BCUT2D eigenvalue weighted by atomic mass is 10.0. The highest BCUT2D eigenvalue weighted by atomic mass is 79.9. The summed E-state index contributed by atoms with van der Waals surface area (Å²) in [5.41, 5.74) is 2.19. The van der Waals surface area contributed by atoms with Crippen LogP contribution in [-0.4, -0.2) is 7.11 Å². The van der Waals surface area contributed by atoms with Gasteiger partial charge in [-0.15, -0.1) is 0 Å². The zero-order chi connectivity index (χ0) is 14.7. The van der Waals surface area contributed by atoms with Gasteiger partial charge in [-0.2, -0.15) is 0 Å². The van der Waals surface area contributed by atoms with Crippen LogP contribution >= 0.6 is 50.7 Å². The zero-order valence-corrected chi connectivity index (χ0v) is 14.5. The molecule has 0 N–H and O–H groups in total. The molecule has 20 heavy (non-hydrogen) atoms. The molecule has 0 radical (unpaired) electrons. The Morgan fingerprint density at radius 3 is 2.35 bits per heavy atom. The van der Waals surface area contributed by atoms with Crippen molar-refractivity contribution in [1.29, 1.82) is 0 Å². The van der Waals surface area contributed by atoms with Gasteiger partial charge in [-0.25, -0.2) is 0 Å². The van der Waals surface area contributed by atoms with E-state index in [1.165, 1.54) is 0 Å². The third kappa shape index (κ3) is 3.82. The Hall–Kier alpha value is -0.410. The smallest absolute Gasteiger partial charge is 0.137 e. The van der Waals surface area contributed by atoms with Gasteiger partial charge in [0, 0.05) is 4.83 Å². The molecule has 2 aromatic carbocycles. The molecular formula is C15H12BrCl3O. The van der Waals surface area contributed by atoms with Crippen LogP contribution in [-0.2, 0) is 6.42 Å². The average molecular weight is 395 g/mol. The minimum absolute atomic E-state index is 0.142. The second-order valence-corrected chi connectivity index (χ2v) is 6.64. The van der Waals surface area contributed by atoms with Gasteiger partial charge in [-0.05, 0) is 41.8 Å². The molecule has 0 aliphatic carbocycles. The lowest BCUT2D eigenvalue weighted by Crippen LogP contribution is -1.96. The summed E-state index contributed by atoms with van der Waals surface area (Å²) < 4.78 is 5.15. The molecule has 0 aliphatic rings. The second-order valence-electron chi connectivity index (χ2n) is 4.31. The molecule has 2 rings (SSSR count). The van der Waals surface area contributed by atoms with E-state index in [-0.39, 0.29) is 4.83 Å². The Morgan fingerprint density at radius 2 is 1.75 bits per heavy atom. The molecule has 2 aromatic rings. The van der Waals surface area contributed by atoms with Crippen LogP contribution in [0.25, 0.3) is 0 Å². The monoisotopic (exact) mass is 392 g/mol. The van der Waals surface area contributed by atoms with Gasteiger partial charge in [0.25, 0.3) is 0 Å². The van der Waals surface area contributed by atoms with E-state index < -0.39 is 0 Å². The van der Waals surface area contributed by atoms with Crippen molar-refractivity contribution in [3.63, 3.8) is 0 Å². The van der Waals surface area contributed by atoms with Gasteiger partial charge in [0.2, 0.25) is 0 Å². The first-order chi connectivity index (χ1) is 9.51. The lowest BCUT2D eigenvalue weighted by molar-refractivity contribution is 0.415. The summed E-state index contributed by atoms with van der Waals surface area (Å²) in [4.78, 5) is 0.142. The summed E-state index contributed by atoms with van der Waals surface area (Å²) >= 11 is 21.7. The van der Waals surface area contributed by atoms with E-state index in [9.17, 15) is 0 Å². The Balaban J connectivity index is 2.17. The van der Waals surface area contributed by atoms with Crippen LogP contribution in [0.1, 0.15) is 16.0 Å². The molecule has 1 unspecified atom stereocenters. The molecule has 0 saturated heterocycles. The largest absolute Gasteiger partial charge is 0.495 e. The molecule has 0 bridgehead atoms. The van der Waals surface area contributed by atoms with E-state index in [1.54, 1.807) is 13.2 Å². The van der Waals surface area contributed by atoms with Crippen molar-refractivity contribution in [2.45, 2.75) is 11.2 Å². The first kappa shape index (κ1) is 16.0. The number of methoxy groups -OCH3 is 1. The second kappa shape index (κ2) is 7.04. The van der Waals surface area contributed by atoms with E-state index in [0.29, 0.717) is 20.8 Å². The standard InChI is InChI=1S/C15H12BrCl3O/c1-20-15-5-3-10(8-14(15)19)11(16)6-9-2-4-12(17)13(18)7-9/h2-5,7-8,11H,6H2,1H3. The van der Waals surface area contributed by atoms with E-state index in [4.69, 9.17) is 39.5 Å². The summed E-state index contributed by atoms with van der Waals surface area (Å²) in [6.45, 7) is 0. The van der Waals surface area contributed by atoms with E-state index in [1.807, 2.05) is 30.3 Å². The molecule has 1 nitrogen and oxygen atoms in total. The van der Waals surface area contributed by atoms with Crippen LogP contribution in [0, 0.1) is 0 Å². The summed E-state index contributed by atoms with van der Waals surface area (Å²) in [7, 11) is 1.60. The van der Waals surface area contributed by atoms with Gasteiger partial charge >= 0.3 is 0 Å². The van der Waals surface area contributed by atoms with Crippen molar-refractivity contribution in [3.05, 3.63) is 62.6 Å². The molecule has 0 heterocycles. The summed E-state index contributed by atoms with van der Waals surface area (Å²) in [5.74, 6) is 0.671. The minimum atomic E-state index is 0.142. The molecule has 0 fully saturated rings. The fourth-order valence-electron chi connectivity index (χ4n) is 1.87. The van der Waals surface area contributed by atoms with E-state index >= 15 is 0 Å². The number of alkyl halides is 1. The van der Waals surface area contributed by atoms with Crippen molar-refractivity contribution in [3.8, 4) is 5.75 Å². The van der Waals surface area contributed by atoms with Gasteiger partial charge in [0.15, 0.2) is 0 Å². The van der Waals surface area contributed by atoms with Gasteiger partial charge in [0.05, 0.1) is 22.2 Å². The van der Waals surface area contributed by atoms with Crippen LogP contribution in [0.4, 0.5) is 0 Å². The predicted octanol–water partition coefficient (Wildman–Crippen LogP) is 6.33. The van der Waals surface area contributed by atoms with Gasteiger partial charge < -0.3 is 4.74 Å². The highest BCUT2D eigenvalue weighted by molar-refractivity contribution is 9.09. The van der Waals surface area contributed by atoms with E-state index in [0.717, 1.165) is 17.5 Å². The van der Waals surface area contributed by atoms with Crippen molar-refractivity contribution < 1.29 is 4.74 Å². The summed E-state index contributed by atoms with van der Waals surface area (Å²) in [6, 6.07) is 11.4. The van der Waals surface area contributed by atoms with Crippen molar-refractivity contribution in [2.24, 2.45) is 0 Å². The molecule has 0 spiro atoms. The SMILES string of the molecule is COc1ccc(C(Br)Cc2ccc(Cl)c(Cl)c2)cc1Cl. The van der Waals surface area contributed by atoms with Crippen LogP contribution in [0.5, 0.6) is 5.75 Å². The quantitative estimate of drug-likeness (QED) is 0.550. The van der Waals surface area contributed by atoms with Crippen molar-refractivity contribution in [2.75, 3.05) is 7.11 Å². The lowest BCUT2D eigenvalue weighted by Gasteiger charge is -2.13. The average Bonchev–Trinajstić information content (AvgIpc) is 2.42. The van der Waals surface area contributed by atoms with E-state index in [2.05, 4.69) is 15.9 Å². The van der Waals surface area contributed by atoms with Gasteiger partial charge in [-0.3, -0.25) is 0 Å². The van der Waals surface area contributed by atoms with Crippen LogP contribution in [0.3, 0.4) is 0 Å². The third-order valence-corrected chi connectivity index (χ3v) is 4.82. The number of rotatable bonds is 4. The number of ether oxygens (including phenoxy) is 1. The molecule has 0 saturated carbocycles. The van der Waals surface area contributed by atoms with Crippen LogP contribution in [0.2, 0.25) is 15.1 Å². The molecule has 5 heteroatoms. The zero-order valence-electron chi connectivity index (χ0n) is 10.7. The summed E-state index contributed by atoms with van der Waals surface area (Å²) in [6.07, 6.45) is 0.791. The predicted molar refractivity (Wildman–Crippen MR) is 89.8 cm³/mol. The van der Waals surface area contributed by atoms with Gasteiger partial charge in [0.1, 0.15) is 5.75 Å². The van der Waals surface area contributed by atoms with Crippen molar-refractivity contribution in [1.82, 2.24) is 0 Å². The topological polar surface area (TPSA) is 9.23 Å². The third-order valence-electron chi connectivity index (χ3n) is 2.94. The molecule has 0 aliphatic heterocycles. The Kier molecular flexibility index (Phi) is 5.62. The summed E-state index contributed by atoms with van der Waals surface area (Å²) in [5, 5.41) is 1.73. The minimum Gasteiger partial charge on any atom is -0.495 e. The molecule has 0 aromatic heterocycles. The molecule has 0 amide bonds. The Labute approximate surface area is 141 Å².